The van der Waals surface area contributed by atoms with Crippen molar-refractivity contribution in [2.45, 2.75) is 6.54 Å². The van der Waals surface area contributed by atoms with Crippen LogP contribution in [0.1, 0.15) is 15.9 Å². The van der Waals surface area contributed by atoms with Crippen LogP contribution in [0.25, 0.3) is 0 Å². The lowest BCUT2D eigenvalue weighted by Gasteiger charge is -2.29. The van der Waals surface area contributed by atoms with Crippen molar-refractivity contribution < 1.29 is 23.1 Å². The summed E-state index contributed by atoms with van der Waals surface area (Å²) in [5, 5.41) is 2.52. The fourth-order valence-corrected chi connectivity index (χ4v) is 3.05. The van der Waals surface area contributed by atoms with Gasteiger partial charge in [0.05, 0.1) is 12.2 Å². The van der Waals surface area contributed by atoms with Crippen LogP contribution in [0.2, 0.25) is 0 Å². The first-order valence-electron chi connectivity index (χ1n) is 8.89. The number of ether oxygens (including phenoxy) is 1. The van der Waals surface area contributed by atoms with Gasteiger partial charge in [0.25, 0.3) is 11.8 Å². The zero-order valence-electron chi connectivity index (χ0n) is 15.2. The molecule has 3 aromatic carbocycles. The summed E-state index contributed by atoms with van der Waals surface area (Å²) in [6.45, 7) is 0.315. The van der Waals surface area contributed by atoms with Crippen LogP contribution in [0.4, 0.5) is 20.2 Å². The number of para-hydroxylation sites is 2. The van der Waals surface area contributed by atoms with Gasteiger partial charge in [0.2, 0.25) is 0 Å². The number of halogens is 2. The lowest BCUT2D eigenvalue weighted by molar-refractivity contribution is -0.121. The van der Waals surface area contributed by atoms with Crippen molar-refractivity contribution in [3.8, 4) is 5.75 Å². The summed E-state index contributed by atoms with van der Waals surface area (Å²) in [7, 11) is 0. The third-order valence-electron chi connectivity index (χ3n) is 4.54. The van der Waals surface area contributed by atoms with E-state index in [1.54, 1.807) is 35.2 Å². The minimum absolute atomic E-state index is 0.0221. The van der Waals surface area contributed by atoms with Crippen LogP contribution in [-0.4, -0.2) is 18.4 Å². The summed E-state index contributed by atoms with van der Waals surface area (Å²) in [5.74, 6) is -1.96. The number of anilines is 2. The van der Waals surface area contributed by atoms with Gasteiger partial charge in [-0.25, -0.2) is 8.78 Å². The molecule has 0 saturated carbocycles. The molecule has 7 heteroatoms. The van der Waals surface area contributed by atoms with E-state index in [9.17, 15) is 18.4 Å². The molecule has 146 valence electrons. The minimum atomic E-state index is -1.03. The Kier molecular flexibility index (Phi) is 4.95. The first-order valence-corrected chi connectivity index (χ1v) is 8.89. The molecule has 1 aliphatic heterocycles. The van der Waals surface area contributed by atoms with Gasteiger partial charge in [0.1, 0.15) is 5.75 Å². The summed E-state index contributed by atoms with van der Waals surface area (Å²) < 4.78 is 31.7. The van der Waals surface area contributed by atoms with Gasteiger partial charge in [-0.05, 0) is 42.0 Å². The predicted molar refractivity (Wildman–Crippen MR) is 104 cm³/mol. The van der Waals surface area contributed by atoms with Gasteiger partial charge >= 0.3 is 0 Å². The Morgan fingerprint density at radius 3 is 2.52 bits per heavy atom. The highest BCUT2D eigenvalue weighted by atomic mass is 19.2. The van der Waals surface area contributed by atoms with Crippen molar-refractivity contribution >= 4 is 23.2 Å². The van der Waals surface area contributed by atoms with Crippen LogP contribution < -0.4 is 15.0 Å². The summed E-state index contributed by atoms with van der Waals surface area (Å²) in [6, 6.07) is 17.2. The maximum atomic E-state index is 13.3. The van der Waals surface area contributed by atoms with Crippen molar-refractivity contribution in [1.29, 1.82) is 0 Å². The summed E-state index contributed by atoms with van der Waals surface area (Å²) in [6.07, 6.45) is 0. The van der Waals surface area contributed by atoms with E-state index in [0.29, 0.717) is 23.5 Å². The van der Waals surface area contributed by atoms with E-state index in [1.807, 2.05) is 18.2 Å². The first kappa shape index (κ1) is 18.6. The number of nitrogens with zero attached hydrogens (tertiary/aromatic N) is 1. The van der Waals surface area contributed by atoms with Crippen LogP contribution in [0.15, 0.2) is 66.7 Å². The number of rotatable bonds is 4. The minimum Gasteiger partial charge on any atom is -0.482 e. The Morgan fingerprint density at radius 2 is 1.76 bits per heavy atom. The molecule has 1 N–H and O–H groups in total. The van der Waals surface area contributed by atoms with Crippen molar-refractivity contribution in [1.82, 2.24) is 0 Å². The zero-order valence-corrected chi connectivity index (χ0v) is 15.2. The van der Waals surface area contributed by atoms with Crippen molar-refractivity contribution in [2.75, 3.05) is 16.8 Å². The number of fused-ring (bicyclic) bond motifs is 1. The van der Waals surface area contributed by atoms with E-state index in [2.05, 4.69) is 5.32 Å². The third kappa shape index (κ3) is 3.94. The number of carbonyl (C=O) groups is 2. The Hall–Kier alpha value is -3.74. The van der Waals surface area contributed by atoms with Gasteiger partial charge < -0.3 is 15.0 Å². The molecule has 0 bridgehead atoms. The normalized spacial score (nSPS) is 12.9. The zero-order chi connectivity index (χ0) is 20.4. The number of nitrogens with one attached hydrogen (secondary N) is 1. The summed E-state index contributed by atoms with van der Waals surface area (Å²) in [5.41, 5.74) is 2.05. The van der Waals surface area contributed by atoms with Gasteiger partial charge in [-0.2, -0.15) is 0 Å². The Morgan fingerprint density at radius 1 is 1.00 bits per heavy atom. The van der Waals surface area contributed by atoms with E-state index in [1.165, 1.54) is 6.07 Å². The summed E-state index contributed by atoms with van der Waals surface area (Å²) in [4.78, 5) is 26.2. The molecular weight excluding hydrogens is 378 g/mol. The summed E-state index contributed by atoms with van der Waals surface area (Å²) >= 11 is 0. The lowest BCUT2D eigenvalue weighted by Crippen LogP contribution is -2.38. The second kappa shape index (κ2) is 7.71. The van der Waals surface area contributed by atoms with Crippen LogP contribution >= 0.6 is 0 Å². The molecule has 1 heterocycles. The highest BCUT2D eigenvalue weighted by Gasteiger charge is 2.25. The van der Waals surface area contributed by atoms with Crippen LogP contribution in [0.3, 0.4) is 0 Å². The number of carbonyl (C=O) groups excluding carboxylic acids is 2. The smallest absolute Gasteiger partial charge is 0.265 e. The van der Waals surface area contributed by atoms with Crippen LogP contribution in [0, 0.1) is 11.6 Å². The Balaban J connectivity index is 1.47. The highest BCUT2D eigenvalue weighted by molar-refractivity contribution is 6.04. The quantitative estimate of drug-likeness (QED) is 0.724. The predicted octanol–water partition coefficient (Wildman–Crippen LogP) is 4.14. The molecule has 0 aromatic heterocycles. The molecule has 0 unspecified atom stereocenters. The van der Waals surface area contributed by atoms with E-state index < -0.39 is 17.5 Å². The van der Waals surface area contributed by atoms with Crippen molar-refractivity contribution in [3.05, 3.63) is 89.5 Å². The van der Waals surface area contributed by atoms with Crippen LogP contribution in [0.5, 0.6) is 5.75 Å². The molecule has 0 aliphatic carbocycles. The van der Waals surface area contributed by atoms with E-state index >= 15 is 0 Å². The molecule has 0 saturated heterocycles. The molecule has 3 aromatic rings. The molecule has 1 aliphatic rings. The lowest BCUT2D eigenvalue weighted by atomic mass is 10.1. The van der Waals surface area contributed by atoms with Gasteiger partial charge in [-0.1, -0.05) is 24.3 Å². The van der Waals surface area contributed by atoms with Gasteiger partial charge in [-0.15, -0.1) is 0 Å². The molecule has 2 amide bonds. The molecule has 4 rings (SSSR count). The number of benzene rings is 3. The average Bonchev–Trinajstić information content (AvgIpc) is 2.73. The second-order valence-corrected chi connectivity index (χ2v) is 6.52. The third-order valence-corrected chi connectivity index (χ3v) is 4.54. The molecule has 0 fully saturated rings. The molecule has 0 spiro atoms. The first-order chi connectivity index (χ1) is 14.0. The molecular formula is C22H16F2N2O3. The van der Waals surface area contributed by atoms with Crippen LogP contribution in [-0.2, 0) is 11.3 Å². The molecule has 0 radical (unpaired) electrons. The molecule has 29 heavy (non-hydrogen) atoms. The topological polar surface area (TPSA) is 58.6 Å². The number of hydrogen-bond acceptors (Lipinski definition) is 3. The molecule has 0 atom stereocenters. The van der Waals surface area contributed by atoms with E-state index in [4.69, 9.17) is 4.74 Å². The largest absolute Gasteiger partial charge is 0.482 e. The maximum Gasteiger partial charge on any atom is 0.265 e. The number of hydrogen-bond donors (Lipinski definition) is 1. The van der Waals surface area contributed by atoms with Crippen molar-refractivity contribution in [3.63, 3.8) is 0 Å². The SMILES string of the molecule is O=C(Nc1ccc(F)c(F)c1)c1ccc(CN2C(=O)COc3ccccc32)cc1. The fraction of sp³-hybridized carbons (Fsp3) is 0.0909. The van der Waals surface area contributed by atoms with E-state index in [-0.39, 0.29) is 18.2 Å². The highest BCUT2D eigenvalue weighted by Crippen LogP contribution is 2.32. The standard InChI is InChI=1S/C22H16F2N2O3/c23-17-10-9-16(11-18(17)24)25-22(28)15-7-5-14(6-8-15)12-26-19-3-1-2-4-20(19)29-13-21(26)27/h1-11H,12-13H2,(H,25,28). The van der Waals surface area contributed by atoms with Gasteiger partial charge in [0, 0.05) is 17.3 Å². The van der Waals surface area contributed by atoms with Gasteiger partial charge in [0.15, 0.2) is 18.2 Å². The second-order valence-electron chi connectivity index (χ2n) is 6.52. The van der Waals surface area contributed by atoms with E-state index in [0.717, 1.165) is 17.7 Å². The van der Waals surface area contributed by atoms with Crippen molar-refractivity contribution in [2.24, 2.45) is 0 Å². The Bertz CT molecular complexity index is 1080. The molecule has 5 nitrogen and oxygen atoms in total. The monoisotopic (exact) mass is 394 g/mol. The Labute approximate surface area is 165 Å². The average molecular weight is 394 g/mol. The van der Waals surface area contributed by atoms with Gasteiger partial charge in [-0.3, -0.25) is 9.59 Å². The number of amides is 2. The maximum absolute atomic E-state index is 13.3. The fourth-order valence-electron chi connectivity index (χ4n) is 3.05.